The Morgan fingerprint density at radius 3 is 2.75 bits per heavy atom. The average molecular weight is 332 g/mol. The third kappa shape index (κ3) is 3.73. The van der Waals surface area contributed by atoms with Gasteiger partial charge in [0.15, 0.2) is 0 Å². The quantitative estimate of drug-likeness (QED) is 0.904. The highest BCUT2D eigenvalue weighted by Gasteiger charge is 2.29. The number of aryl methyl sites for hydroxylation is 2. The van der Waals surface area contributed by atoms with Crippen LogP contribution in [0, 0.1) is 12.7 Å². The molecule has 1 aliphatic heterocycles. The highest BCUT2D eigenvalue weighted by molar-refractivity contribution is 5.88. The van der Waals surface area contributed by atoms with Gasteiger partial charge in [-0.05, 0) is 37.5 Å². The van der Waals surface area contributed by atoms with Crippen LogP contribution in [0.15, 0.2) is 30.3 Å². The van der Waals surface area contributed by atoms with Gasteiger partial charge in [-0.2, -0.15) is 5.10 Å². The summed E-state index contributed by atoms with van der Waals surface area (Å²) >= 11 is 0. The van der Waals surface area contributed by atoms with Gasteiger partial charge in [0.2, 0.25) is 0 Å². The molecule has 2 unspecified atom stereocenters. The molecule has 1 aromatic heterocycles. The van der Waals surface area contributed by atoms with E-state index in [1.54, 1.807) is 29.9 Å². The Kier molecular flexibility index (Phi) is 4.80. The molecule has 128 valence electrons. The number of ether oxygens (including phenoxy) is 1. The van der Waals surface area contributed by atoms with Crippen LogP contribution < -0.4 is 10.6 Å². The number of carbonyl (C=O) groups excluding carboxylic acids is 1. The predicted molar refractivity (Wildman–Crippen MR) is 88.2 cm³/mol. The fourth-order valence-electron chi connectivity index (χ4n) is 2.95. The van der Waals surface area contributed by atoms with Crippen molar-refractivity contribution in [1.29, 1.82) is 0 Å². The second kappa shape index (κ2) is 7.00. The van der Waals surface area contributed by atoms with Gasteiger partial charge in [0.05, 0.1) is 17.8 Å². The molecule has 1 fully saturated rings. The molecule has 0 bridgehead atoms. The number of nitrogens with zero attached hydrogens (tertiary/aromatic N) is 2. The van der Waals surface area contributed by atoms with Gasteiger partial charge in [0.1, 0.15) is 11.6 Å². The molecule has 0 radical (unpaired) electrons. The van der Waals surface area contributed by atoms with Gasteiger partial charge in [0.25, 0.3) is 0 Å². The minimum atomic E-state index is -0.345. The number of urea groups is 1. The van der Waals surface area contributed by atoms with Crippen LogP contribution in [-0.4, -0.2) is 28.5 Å². The number of amides is 2. The lowest BCUT2D eigenvalue weighted by Gasteiger charge is -2.25. The molecular weight excluding hydrogens is 311 g/mol. The van der Waals surface area contributed by atoms with E-state index in [1.807, 2.05) is 6.92 Å². The van der Waals surface area contributed by atoms with Crippen molar-refractivity contribution < 1.29 is 13.9 Å². The van der Waals surface area contributed by atoms with Gasteiger partial charge in [-0.3, -0.25) is 10.00 Å². The maximum Gasteiger partial charge on any atom is 0.320 e. The number of nitrogens with one attached hydrogen (secondary N) is 2. The van der Waals surface area contributed by atoms with E-state index in [4.69, 9.17) is 4.74 Å². The van der Waals surface area contributed by atoms with Crippen molar-refractivity contribution in [3.63, 3.8) is 0 Å². The summed E-state index contributed by atoms with van der Waals surface area (Å²) in [5.74, 6) is 0.301. The first kappa shape index (κ1) is 16.4. The highest BCUT2D eigenvalue weighted by Crippen LogP contribution is 2.27. The molecule has 2 heterocycles. The van der Waals surface area contributed by atoms with Gasteiger partial charge >= 0.3 is 6.03 Å². The number of hydrogen-bond acceptors (Lipinski definition) is 3. The summed E-state index contributed by atoms with van der Waals surface area (Å²) in [6.07, 6.45) is 1.69. The maximum absolute atomic E-state index is 13.2. The molecule has 7 heteroatoms. The van der Waals surface area contributed by atoms with Crippen molar-refractivity contribution in [2.45, 2.75) is 31.9 Å². The summed E-state index contributed by atoms with van der Waals surface area (Å²) in [5.41, 5.74) is 1.64. The Hall–Kier alpha value is -2.41. The molecule has 2 aromatic rings. The van der Waals surface area contributed by atoms with Crippen LogP contribution >= 0.6 is 0 Å². The third-order valence-corrected chi connectivity index (χ3v) is 4.10. The van der Waals surface area contributed by atoms with Crippen LogP contribution in [0.2, 0.25) is 0 Å². The third-order valence-electron chi connectivity index (χ3n) is 4.10. The summed E-state index contributed by atoms with van der Waals surface area (Å²) < 4.78 is 20.5. The van der Waals surface area contributed by atoms with Gasteiger partial charge < -0.3 is 10.1 Å². The number of halogens is 1. The Morgan fingerprint density at radius 2 is 2.17 bits per heavy atom. The molecule has 24 heavy (non-hydrogen) atoms. The number of aromatic nitrogens is 2. The minimum absolute atomic E-state index is 0.116. The average Bonchev–Trinajstić information content (AvgIpc) is 3.16. The molecule has 1 aromatic carbocycles. The predicted octanol–water partition coefficient (Wildman–Crippen LogP) is 2.91. The largest absolute Gasteiger partial charge is 0.376 e. The molecule has 0 spiro atoms. The molecule has 3 rings (SSSR count). The summed E-state index contributed by atoms with van der Waals surface area (Å²) in [5, 5.41) is 9.92. The van der Waals surface area contributed by atoms with Crippen LogP contribution in [0.5, 0.6) is 0 Å². The maximum atomic E-state index is 13.2. The summed E-state index contributed by atoms with van der Waals surface area (Å²) in [7, 11) is 1.76. The number of carbonyl (C=O) groups is 1. The van der Waals surface area contributed by atoms with Crippen molar-refractivity contribution in [3.05, 3.63) is 47.4 Å². The SMILES string of the molecule is Cc1cc(NC(=O)NC(c2ccc(F)cc2)C2CCCO2)n(C)n1. The van der Waals surface area contributed by atoms with Gasteiger partial charge in [-0.1, -0.05) is 12.1 Å². The number of rotatable bonds is 4. The van der Waals surface area contributed by atoms with Crippen molar-refractivity contribution >= 4 is 11.8 Å². The topological polar surface area (TPSA) is 68.2 Å². The lowest BCUT2D eigenvalue weighted by molar-refractivity contribution is 0.0815. The van der Waals surface area contributed by atoms with Gasteiger partial charge in [-0.25, -0.2) is 9.18 Å². The molecule has 2 atom stereocenters. The highest BCUT2D eigenvalue weighted by atomic mass is 19.1. The fraction of sp³-hybridized carbons (Fsp3) is 0.412. The first-order chi connectivity index (χ1) is 11.5. The summed E-state index contributed by atoms with van der Waals surface area (Å²) in [6.45, 7) is 2.53. The van der Waals surface area contributed by atoms with Gasteiger partial charge in [-0.15, -0.1) is 0 Å². The normalized spacial score (nSPS) is 18.4. The second-order valence-electron chi connectivity index (χ2n) is 5.97. The molecule has 1 saturated heterocycles. The summed E-state index contributed by atoms with van der Waals surface area (Å²) in [4.78, 5) is 12.4. The van der Waals surface area contributed by atoms with E-state index in [9.17, 15) is 9.18 Å². The lowest BCUT2D eigenvalue weighted by Crippen LogP contribution is -2.39. The minimum Gasteiger partial charge on any atom is -0.376 e. The van der Waals surface area contributed by atoms with Crippen molar-refractivity contribution in [1.82, 2.24) is 15.1 Å². The molecule has 6 nitrogen and oxygen atoms in total. The Labute approximate surface area is 140 Å². The van der Waals surface area contributed by atoms with E-state index in [2.05, 4.69) is 15.7 Å². The number of hydrogen-bond donors (Lipinski definition) is 2. The van der Waals surface area contributed by atoms with Gasteiger partial charge in [0, 0.05) is 19.7 Å². The van der Waals surface area contributed by atoms with E-state index in [1.165, 1.54) is 12.1 Å². The van der Waals surface area contributed by atoms with Crippen LogP contribution in [0.3, 0.4) is 0 Å². The zero-order valence-electron chi connectivity index (χ0n) is 13.8. The van der Waals surface area contributed by atoms with E-state index < -0.39 is 0 Å². The van der Waals surface area contributed by atoms with Crippen LogP contribution in [-0.2, 0) is 11.8 Å². The Bertz CT molecular complexity index is 708. The zero-order chi connectivity index (χ0) is 17.1. The molecule has 0 aliphatic carbocycles. The number of benzene rings is 1. The van der Waals surface area contributed by atoms with Crippen molar-refractivity contribution in [2.24, 2.45) is 7.05 Å². The van der Waals surface area contributed by atoms with Crippen molar-refractivity contribution in [2.75, 3.05) is 11.9 Å². The molecule has 2 N–H and O–H groups in total. The summed E-state index contributed by atoms with van der Waals surface area (Å²) in [6, 6.07) is 7.25. The van der Waals surface area contributed by atoms with Crippen LogP contribution in [0.25, 0.3) is 0 Å². The Morgan fingerprint density at radius 1 is 1.42 bits per heavy atom. The first-order valence-corrected chi connectivity index (χ1v) is 7.98. The standard InChI is InChI=1S/C17H21FN4O2/c1-11-10-15(22(2)21-11)19-17(23)20-16(14-4-3-9-24-14)12-5-7-13(18)8-6-12/h5-8,10,14,16H,3-4,9H2,1-2H3,(H2,19,20,23). The van der Waals surface area contributed by atoms with Crippen LogP contribution in [0.4, 0.5) is 15.0 Å². The first-order valence-electron chi connectivity index (χ1n) is 7.98. The van der Waals surface area contributed by atoms with Crippen LogP contribution in [0.1, 0.15) is 30.1 Å². The van der Waals surface area contributed by atoms with E-state index in [0.29, 0.717) is 12.4 Å². The zero-order valence-corrected chi connectivity index (χ0v) is 13.8. The lowest BCUT2D eigenvalue weighted by atomic mass is 9.99. The molecule has 2 amide bonds. The molecular formula is C17H21FN4O2. The molecule has 1 aliphatic rings. The van der Waals surface area contributed by atoms with E-state index in [0.717, 1.165) is 24.1 Å². The fourth-order valence-corrected chi connectivity index (χ4v) is 2.95. The smallest absolute Gasteiger partial charge is 0.320 e. The van der Waals surface area contributed by atoms with Crippen molar-refractivity contribution in [3.8, 4) is 0 Å². The van der Waals surface area contributed by atoms with E-state index in [-0.39, 0.29) is 24.0 Å². The Balaban J connectivity index is 1.74. The molecule has 0 saturated carbocycles. The van der Waals surface area contributed by atoms with E-state index >= 15 is 0 Å². The number of anilines is 1. The second-order valence-corrected chi connectivity index (χ2v) is 5.97. The monoisotopic (exact) mass is 332 g/mol.